The molecule has 2 N–H and O–H groups in total. The van der Waals surface area contributed by atoms with Gasteiger partial charge in [-0.15, -0.1) is 0 Å². The summed E-state index contributed by atoms with van der Waals surface area (Å²) in [6.07, 6.45) is 0. The molecule has 0 radical (unpaired) electrons. The lowest BCUT2D eigenvalue weighted by Gasteiger charge is -2.12. The van der Waals surface area contributed by atoms with Crippen molar-refractivity contribution < 1.29 is 4.79 Å². The number of aryl methyl sites for hydroxylation is 2. The summed E-state index contributed by atoms with van der Waals surface area (Å²) in [4.78, 5) is 12.4. The van der Waals surface area contributed by atoms with Gasteiger partial charge in [0.2, 0.25) is 0 Å². The minimum atomic E-state index is -0.0877. The van der Waals surface area contributed by atoms with Crippen molar-refractivity contribution in [1.82, 2.24) is 0 Å². The summed E-state index contributed by atoms with van der Waals surface area (Å²) >= 11 is 0. The molecule has 2 rings (SSSR count). The number of hydrogen-bond acceptors (Lipinski definition) is 2. The minimum Gasteiger partial charge on any atom is -0.385 e. The maximum atomic E-state index is 12.4. The van der Waals surface area contributed by atoms with E-state index in [1.165, 1.54) is 0 Å². The topological polar surface area (TPSA) is 41.1 Å². The highest BCUT2D eigenvalue weighted by Crippen LogP contribution is 2.20. The van der Waals surface area contributed by atoms with Gasteiger partial charge in [0.05, 0.1) is 5.56 Å². The number of rotatable bonds is 4. The predicted molar refractivity (Wildman–Crippen MR) is 84.5 cm³/mol. The van der Waals surface area contributed by atoms with E-state index < -0.39 is 0 Å². The Morgan fingerprint density at radius 1 is 1.05 bits per heavy atom. The lowest BCUT2D eigenvalue weighted by molar-refractivity contribution is 0.102. The third-order valence-corrected chi connectivity index (χ3v) is 3.18. The molecule has 0 aliphatic carbocycles. The SMILES string of the molecule is CCNc1ccccc1C(=O)Nc1cc(C)ccc1C. The number of carbonyl (C=O) groups excluding carboxylic acids is 1. The summed E-state index contributed by atoms with van der Waals surface area (Å²) in [6.45, 7) is 6.81. The Bertz CT molecular complexity index is 620. The highest BCUT2D eigenvalue weighted by Gasteiger charge is 2.11. The van der Waals surface area contributed by atoms with Crippen molar-refractivity contribution in [2.24, 2.45) is 0 Å². The van der Waals surface area contributed by atoms with E-state index >= 15 is 0 Å². The van der Waals surface area contributed by atoms with Crippen LogP contribution in [-0.2, 0) is 0 Å². The van der Waals surface area contributed by atoms with Crippen LogP contribution in [0.4, 0.5) is 11.4 Å². The van der Waals surface area contributed by atoms with E-state index in [4.69, 9.17) is 0 Å². The smallest absolute Gasteiger partial charge is 0.257 e. The second-order valence-corrected chi connectivity index (χ2v) is 4.85. The summed E-state index contributed by atoms with van der Waals surface area (Å²) < 4.78 is 0. The second kappa shape index (κ2) is 6.24. The molecular formula is C17H20N2O. The van der Waals surface area contributed by atoms with Gasteiger partial charge in [-0.05, 0) is 50.1 Å². The molecule has 0 saturated carbocycles. The van der Waals surface area contributed by atoms with Crippen molar-refractivity contribution in [2.75, 3.05) is 17.2 Å². The van der Waals surface area contributed by atoms with E-state index in [0.717, 1.165) is 29.0 Å². The van der Waals surface area contributed by atoms with Crippen molar-refractivity contribution in [3.05, 3.63) is 59.2 Å². The maximum Gasteiger partial charge on any atom is 0.257 e. The molecule has 3 nitrogen and oxygen atoms in total. The maximum absolute atomic E-state index is 12.4. The summed E-state index contributed by atoms with van der Waals surface area (Å²) in [6, 6.07) is 13.6. The number of benzene rings is 2. The van der Waals surface area contributed by atoms with Gasteiger partial charge in [0.1, 0.15) is 0 Å². The van der Waals surface area contributed by atoms with Crippen LogP contribution in [0.2, 0.25) is 0 Å². The average molecular weight is 268 g/mol. The Kier molecular flexibility index (Phi) is 4.41. The molecule has 20 heavy (non-hydrogen) atoms. The Labute approximate surface area is 120 Å². The van der Waals surface area contributed by atoms with Crippen molar-refractivity contribution >= 4 is 17.3 Å². The van der Waals surface area contributed by atoms with Crippen LogP contribution in [0, 0.1) is 13.8 Å². The van der Waals surface area contributed by atoms with Gasteiger partial charge in [0.25, 0.3) is 5.91 Å². The predicted octanol–water partition coefficient (Wildman–Crippen LogP) is 3.99. The molecule has 2 aromatic carbocycles. The molecule has 0 unspecified atom stereocenters. The van der Waals surface area contributed by atoms with Crippen LogP contribution < -0.4 is 10.6 Å². The molecule has 0 saturated heterocycles. The largest absolute Gasteiger partial charge is 0.385 e. The van der Waals surface area contributed by atoms with Crippen LogP contribution in [0.25, 0.3) is 0 Å². The molecule has 0 heterocycles. The molecule has 0 aliphatic rings. The van der Waals surface area contributed by atoms with Crippen molar-refractivity contribution in [3.63, 3.8) is 0 Å². The normalized spacial score (nSPS) is 10.2. The van der Waals surface area contributed by atoms with Crippen molar-refractivity contribution in [2.45, 2.75) is 20.8 Å². The van der Waals surface area contributed by atoms with Crippen LogP contribution >= 0.6 is 0 Å². The highest BCUT2D eigenvalue weighted by atomic mass is 16.1. The molecule has 1 amide bonds. The first-order chi connectivity index (χ1) is 9.61. The van der Waals surface area contributed by atoms with E-state index in [0.29, 0.717) is 5.56 Å². The fraction of sp³-hybridized carbons (Fsp3) is 0.235. The van der Waals surface area contributed by atoms with E-state index in [1.54, 1.807) is 0 Å². The van der Waals surface area contributed by atoms with Gasteiger partial charge in [-0.1, -0.05) is 24.3 Å². The molecule has 0 aromatic heterocycles. The third-order valence-electron chi connectivity index (χ3n) is 3.18. The summed E-state index contributed by atoms with van der Waals surface area (Å²) in [5.74, 6) is -0.0877. The Hall–Kier alpha value is -2.29. The number of para-hydroxylation sites is 1. The Balaban J connectivity index is 2.26. The first-order valence-corrected chi connectivity index (χ1v) is 6.83. The van der Waals surface area contributed by atoms with Crippen LogP contribution in [0.5, 0.6) is 0 Å². The van der Waals surface area contributed by atoms with Crippen LogP contribution in [0.15, 0.2) is 42.5 Å². The van der Waals surface area contributed by atoms with Crippen LogP contribution in [0.1, 0.15) is 28.4 Å². The van der Waals surface area contributed by atoms with Gasteiger partial charge in [0, 0.05) is 17.9 Å². The molecule has 104 valence electrons. The summed E-state index contributed by atoms with van der Waals surface area (Å²) in [5.41, 5.74) is 4.57. The van der Waals surface area contributed by atoms with E-state index in [-0.39, 0.29) is 5.91 Å². The Morgan fingerprint density at radius 3 is 2.55 bits per heavy atom. The molecule has 2 aromatic rings. The van der Waals surface area contributed by atoms with Crippen molar-refractivity contribution in [3.8, 4) is 0 Å². The summed E-state index contributed by atoms with van der Waals surface area (Å²) in [7, 11) is 0. The summed E-state index contributed by atoms with van der Waals surface area (Å²) in [5, 5.41) is 6.20. The number of amides is 1. The quantitative estimate of drug-likeness (QED) is 0.880. The van der Waals surface area contributed by atoms with Gasteiger partial charge >= 0.3 is 0 Å². The van der Waals surface area contributed by atoms with Gasteiger partial charge in [-0.2, -0.15) is 0 Å². The molecular weight excluding hydrogens is 248 g/mol. The molecule has 0 atom stereocenters. The monoisotopic (exact) mass is 268 g/mol. The van der Waals surface area contributed by atoms with Crippen LogP contribution in [-0.4, -0.2) is 12.5 Å². The van der Waals surface area contributed by atoms with E-state index in [2.05, 4.69) is 10.6 Å². The molecule has 0 fully saturated rings. The highest BCUT2D eigenvalue weighted by molar-refractivity contribution is 6.08. The number of anilines is 2. The third kappa shape index (κ3) is 3.18. The number of carbonyl (C=O) groups is 1. The molecule has 0 spiro atoms. The fourth-order valence-corrected chi connectivity index (χ4v) is 2.09. The molecule has 0 bridgehead atoms. The first-order valence-electron chi connectivity index (χ1n) is 6.83. The van der Waals surface area contributed by atoms with Gasteiger partial charge in [-0.3, -0.25) is 4.79 Å². The van der Waals surface area contributed by atoms with E-state index in [9.17, 15) is 4.79 Å². The molecule has 3 heteroatoms. The minimum absolute atomic E-state index is 0.0877. The zero-order chi connectivity index (χ0) is 14.5. The zero-order valence-corrected chi connectivity index (χ0v) is 12.2. The van der Waals surface area contributed by atoms with Gasteiger partial charge in [-0.25, -0.2) is 0 Å². The first kappa shape index (κ1) is 14.1. The number of hydrogen-bond donors (Lipinski definition) is 2. The van der Waals surface area contributed by atoms with E-state index in [1.807, 2.05) is 63.2 Å². The standard InChI is InChI=1S/C17H20N2O/c1-4-18-15-8-6-5-7-14(15)17(20)19-16-11-12(2)9-10-13(16)3/h5-11,18H,4H2,1-3H3,(H,19,20). The van der Waals surface area contributed by atoms with Gasteiger partial charge in [0.15, 0.2) is 0 Å². The van der Waals surface area contributed by atoms with Gasteiger partial charge < -0.3 is 10.6 Å². The second-order valence-electron chi connectivity index (χ2n) is 4.85. The zero-order valence-electron chi connectivity index (χ0n) is 12.2. The fourth-order valence-electron chi connectivity index (χ4n) is 2.09. The Morgan fingerprint density at radius 2 is 1.80 bits per heavy atom. The average Bonchev–Trinajstić information content (AvgIpc) is 2.44. The lowest BCUT2D eigenvalue weighted by Crippen LogP contribution is -2.15. The number of nitrogens with one attached hydrogen (secondary N) is 2. The van der Waals surface area contributed by atoms with Crippen molar-refractivity contribution in [1.29, 1.82) is 0 Å². The van der Waals surface area contributed by atoms with Crippen LogP contribution in [0.3, 0.4) is 0 Å². The molecule has 0 aliphatic heterocycles. The lowest BCUT2D eigenvalue weighted by atomic mass is 10.1.